The van der Waals surface area contributed by atoms with E-state index in [2.05, 4.69) is 10.6 Å². The number of nitrogens with one attached hydrogen (secondary N) is 2. The minimum atomic E-state index is -0.610. The zero-order valence-corrected chi connectivity index (χ0v) is 11.5. The van der Waals surface area contributed by atoms with Crippen LogP contribution in [0.15, 0.2) is 42.5 Å². The molecule has 0 aliphatic carbocycles. The van der Waals surface area contributed by atoms with Gasteiger partial charge in [-0.15, -0.1) is 0 Å². The molecule has 0 aliphatic rings. The highest BCUT2D eigenvalue weighted by atomic mass is 19.1. The van der Waals surface area contributed by atoms with Gasteiger partial charge in [0.15, 0.2) is 0 Å². The van der Waals surface area contributed by atoms with Crippen LogP contribution in [0.4, 0.5) is 15.8 Å². The van der Waals surface area contributed by atoms with Crippen LogP contribution in [-0.2, 0) is 4.79 Å². The van der Waals surface area contributed by atoms with Crippen molar-refractivity contribution in [1.29, 1.82) is 5.26 Å². The second kappa shape index (κ2) is 6.53. The summed E-state index contributed by atoms with van der Waals surface area (Å²) in [4.78, 5) is 11.8. The lowest BCUT2D eigenvalue weighted by atomic mass is 10.2. The van der Waals surface area contributed by atoms with Gasteiger partial charge in [0.1, 0.15) is 17.4 Å². The highest BCUT2D eigenvalue weighted by molar-refractivity contribution is 5.93. The van der Waals surface area contributed by atoms with Crippen molar-refractivity contribution in [3.05, 3.63) is 59.4 Å². The van der Waals surface area contributed by atoms with Gasteiger partial charge < -0.3 is 10.6 Å². The summed E-state index contributed by atoms with van der Waals surface area (Å²) in [6.07, 6.45) is 0. The molecule has 0 saturated carbocycles. The molecule has 2 aromatic rings. The molecule has 0 spiro atoms. The molecule has 2 N–H and O–H groups in total. The Balaban J connectivity index is 1.97. The molecule has 5 heteroatoms. The summed E-state index contributed by atoms with van der Waals surface area (Å²) in [5, 5.41) is 14.4. The monoisotopic (exact) mass is 283 g/mol. The smallest absolute Gasteiger partial charge is 0.243 e. The maximum absolute atomic E-state index is 13.4. The van der Waals surface area contributed by atoms with E-state index < -0.39 is 5.82 Å². The second-order valence-electron chi connectivity index (χ2n) is 4.54. The van der Waals surface area contributed by atoms with E-state index in [1.165, 1.54) is 12.1 Å². The number of amides is 1. The Morgan fingerprint density at radius 2 is 1.95 bits per heavy atom. The lowest BCUT2D eigenvalue weighted by Gasteiger charge is -2.09. The number of nitriles is 1. The van der Waals surface area contributed by atoms with Crippen LogP contribution in [0.5, 0.6) is 0 Å². The number of rotatable bonds is 4. The van der Waals surface area contributed by atoms with Crippen molar-refractivity contribution >= 4 is 17.3 Å². The molecule has 0 saturated heterocycles. The van der Waals surface area contributed by atoms with Crippen LogP contribution < -0.4 is 10.6 Å². The Morgan fingerprint density at radius 1 is 1.24 bits per heavy atom. The van der Waals surface area contributed by atoms with Crippen LogP contribution in [0.25, 0.3) is 0 Å². The van der Waals surface area contributed by atoms with Crippen molar-refractivity contribution in [2.75, 3.05) is 17.2 Å². The predicted molar refractivity (Wildman–Crippen MR) is 79.4 cm³/mol. The average Bonchev–Trinajstić information content (AvgIpc) is 2.47. The van der Waals surface area contributed by atoms with E-state index in [0.717, 1.165) is 5.56 Å². The van der Waals surface area contributed by atoms with E-state index in [-0.39, 0.29) is 18.0 Å². The fourth-order valence-electron chi connectivity index (χ4n) is 1.80. The van der Waals surface area contributed by atoms with Crippen molar-refractivity contribution in [2.45, 2.75) is 6.92 Å². The molecule has 106 valence electrons. The quantitative estimate of drug-likeness (QED) is 0.906. The zero-order valence-electron chi connectivity index (χ0n) is 11.5. The third-order valence-corrected chi connectivity index (χ3v) is 2.90. The highest BCUT2D eigenvalue weighted by Crippen LogP contribution is 2.17. The van der Waals surface area contributed by atoms with E-state index in [0.29, 0.717) is 11.4 Å². The molecule has 4 nitrogen and oxygen atoms in total. The standard InChI is InChI=1S/C16H14FN3O/c1-11-5-7-12(8-6-11)20-16(21)10-19-15-4-2-3-14(17)13(15)9-18/h2-8,19H,10H2,1H3,(H,20,21). The maximum Gasteiger partial charge on any atom is 0.243 e. The molecule has 0 heterocycles. The van der Waals surface area contributed by atoms with Gasteiger partial charge in [0.25, 0.3) is 0 Å². The third-order valence-electron chi connectivity index (χ3n) is 2.90. The number of halogens is 1. The summed E-state index contributed by atoms with van der Waals surface area (Å²) in [6, 6.07) is 13.4. The van der Waals surface area contributed by atoms with Gasteiger partial charge in [-0.2, -0.15) is 5.26 Å². The molecular formula is C16H14FN3O. The summed E-state index contributed by atoms with van der Waals surface area (Å²) in [5.74, 6) is -0.881. The van der Waals surface area contributed by atoms with E-state index >= 15 is 0 Å². The lowest BCUT2D eigenvalue weighted by molar-refractivity contribution is -0.114. The number of hydrogen-bond donors (Lipinski definition) is 2. The van der Waals surface area contributed by atoms with Gasteiger partial charge in [0.2, 0.25) is 5.91 Å². The minimum Gasteiger partial charge on any atom is -0.375 e. The van der Waals surface area contributed by atoms with Gasteiger partial charge >= 0.3 is 0 Å². The first kappa shape index (κ1) is 14.5. The Bertz CT molecular complexity index is 690. The van der Waals surface area contributed by atoms with E-state index in [9.17, 15) is 9.18 Å². The zero-order chi connectivity index (χ0) is 15.2. The van der Waals surface area contributed by atoms with Gasteiger partial charge in [-0.1, -0.05) is 23.8 Å². The number of hydrogen-bond acceptors (Lipinski definition) is 3. The summed E-state index contributed by atoms with van der Waals surface area (Å²) < 4.78 is 13.4. The Morgan fingerprint density at radius 3 is 2.62 bits per heavy atom. The van der Waals surface area contributed by atoms with Crippen molar-refractivity contribution < 1.29 is 9.18 Å². The Labute approximate surface area is 122 Å². The SMILES string of the molecule is Cc1ccc(NC(=O)CNc2cccc(F)c2C#N)cc1. The molecule has 21 heavy (non-hydrogen) atoms. The fourth-order valence-corrected chi connectivity index (χ4v) is 1.80. The van der Waals surface area contributed by atoms with Gasteiger partial charge in [-0.3, -0.25) is 4.79 Å². The maximum atomic E-state index is 13.4. The topological polar surface area (TPSA) is 64.9 Å². The first-order valence-corrected chi connectivity index (χ1v) is 6.39. The molecule has 0 atom stereocenters. The molecule has 0 fully saturated rings. The van der Waals surface area contributed by atoms with Crippen LogP contribution in [-0.4, -0.2) is 12.5 Å². The van der Waals surface area contributed by atoms with Crippen LogP contribution in [0.1, 0.15) is 11.1 Å². The van der Waals surface area contributed by atoms with Crippen LogP contribution in [0, 0.1) is 24.1 Å². The number of nitrogens with zero attached hydrogens (tertiary/aromatic N) is 1. The van der Waals surface area contributed by atoms with E-state index in [1.54, 1.807) is 24.3 Å². The summed E-state index contributed by atoms with van der Waals surface area (Å²) in [6.45, 7) is 1.91. The van der Waals surface area contributed by atoms with Gasteiger partial charge in [0.05, 0.1) is 12.2 Å². The number of carbonyl (C=O) groups is 1. The molecule has 2 rings (SSSR count). The largest absolute Gasteiger partial charge is 0.375 e. The number of anilines is 2. The Hall–Kier alpha value is -2.87. The van der Waals surface area contributed by atoms with Crippen LogP contribution in [0.2, 0.25) is 0 Å². The van der Waals surface area contributed by atoms with Gasteiger partial charge in [0, 0.05) is 5.69 Å². The van der Waals surface area contributed by atoms with Crippen LogP contribution >= 0.6 is 0 Å². The van der Waals surface area contributed by atoms with Crippen molar-refractivity contribution in [3.63, 3.8) is 0 Å². The summed E-state index contributed by atoms with van der Waals surface area (Å²) >= 11 is 0. The van der Waals surface area contributed by atoms with Gasteiger partial charge in [-0.25, -0.2) is 4.39 Å². The molecule has 0 unspecified atom stereocenters. The fraction of sp³-hybridized carbons (Fsp3) is 0.125. The van der Waals surface area contributed by atoms with Crippen molar-refractivity contribution in [2.24, 2.45) is 0 Å². The number of aryl methyl sites for hydroxylation is 1. The van der Waals surface area contributed by atoms with E-state index in [1.807, 2.05) is 19.1 Å². The Kier molecular flexibility index (Phi) is 4.52. The van der Waals surface area contributed by atoms with Crippen LogP contribution in [0.3, 0.4) is 0 Å². The first-order chi connectivity index (χ1) is 10.1. The predicted octanol–water partition coefficient (Wildman–Crippen LogP) is 3.06. The first-order valence-electron chi connectivity index (χ1n) is 6.39. The summed E-state index contributed by atoms with van der Waals surface area (Å²) in [7, 11) is 0. The third kappa shape index (κ3) is 3.80. The molecule has 0 aromatic heterocycles. The number of benzene rings is 2. The molecule has 0 radical (unpaired) electrons. The lowest BCUT2D eigenvalue weighted by Crippen LogP contribution is -2.22. The molecule has 0 aliphatic heterocycles. The highest BCUT2D eigenvalue weighted by Gasteiger charge is 2.09. The van der Waals surface area contributed by atoms with Gasteiger partial charge in [-0.05, 0) is 31.2 Å². The second-order valence-corrected chi connectivity index (χ2v) is 4.54. The van der Waals surface area contributed by atoms with Crippen molar-refractivity contribution in [1.82, 2.24) is 0 Å². The van der Waals surface area contributed by atoms with Crippen molar-refractivity contribution in [3.8, 4) is 6.07 Å². The minimum absolute atomic E-state index is 0.0496. The normalized spacial score (nSPS) is 9.76. The molecule has 0 bridgehead atoms. The molecule has 1 amide bonds. The molecular weight excluding hydrogens is 269 g/mol. The van der Waals surface area contributed by atoms with E-state index in [4.69, 9.17) is 5.26 Å². The average molecular weight is 283 g/mol. The number of carbonyl (C=O) groups excluding carboxylic acids is 1. The molecule has 2 aromatic carbocycles. The summed E-state index contributed by atoms with van der Waals surface area (Å²) in [5.41, 5.74) is 1.99.